The second kappa shape index (κ2) is 11.1. The highest BCUT2D eigenvalue weighted by Crippen LogP contribution is 2.14. The van der Waals surface area contributed by atoms with Crippen molar-refractivity contribution in [2.45, 2.75) is 32.2 Å². The lowest BCUT2D eigenvalue weighted by Crippen LogP contribution is -2.57. The van der Waals surface area contributed by atoms with Crippen molar-refractivity contribution in [1.29, 1.82) is 0 Å². The van der Waals surface area contributed by atoms with Gasteiger partial charge in [-0.25, -0.2) is 0 Å². The number of guanidine groups is 1. The predicted molar refractivity (Wildman–Crippen MR) is 123 cm³/mol. The van der Waals surface area contributed by atoms with E-state index in [2.05, 4.69) is 25.4 Å². The minimum Gasteiger partial charge on any atom is -0.356 e. The van der Waals surface area contributed by atoms with E-state index in [9.17, 15) is 9.59 Å². The van der Waals surface area contributed by atoms with E-state index >= 15 is 0 Å². The molecule has 0 radical (unpaired) electrons. The number of carbonyl (C=O) groups is 2. The Morgan fingerprint density at radius 1 is 1.06 bits per heavy atom. The van der Waals surface area contributed by atoms with Crippen LogP contribution in [0, 0.1) is 0 Å². The summed E-state index contributed by atoms with van der Waals surface area (Å²) < 4.78 is 0. The van der Waals surface area contributed by atoms with Gasteiger partial charge in [0.25, 0.3) is 5.91 Å². The van der Waals surface area contributed by atoms with E-state index in [1.807, 2.05) is 36.1 Å². The number of benzene rings is 1. The number of nitrogens with one attached hydrogen (secondary N) is 2. The molecule has 1 aromatic rings. The van der Waals surface area contributed by atoms with E-state index in [1.54, 1.807) is 14.1 Å². The molecule has 31 heavy (non-hydrogen) atoms. The molecule has 2 fully saturated rings. The zero-order chi connectivity index (χ0) is 22.2. The van der Waals surface area contributed by atoms with E-state index in [0.717, 1.165) is 76.6 Å². The molecule has 2 saturated heterocycles. The Kier molecular flexibility index (Phi) is 8.28. The van der Waals surface area contributed by atoms with Crippen molar-refractivity contribution in [2.75, 3.05) is 59.9 Å². The van der Waals surface area contributed by atoms with Gasteiger partial charge in [0, 0.05) is 65.5 Å². The zero-order valence-electron chi connectivity index (χ0n) is 19.1. The van der Waals surface area contributed by atoms with E-state index in [4.69, 9.17) is 0 Å². The molecule has 1 aromatic carbocycles. The number of hydrogen-bond donors (Lipinski definition) is 2. The van der Waals surface area contributed by atoms with Gasteiger partial charge in [-0.05, 0) is 43.9 Å². The van der Waals surface area contributed by atoms with Gasteiger partial charge in [-0.2, -0.15) is 0 Å². The van der Waals surface area contributed by atoms with Gasteiger partial charge in [0.2, 0.25) is 5.91 Å². The maximum Gasteiger partial charge on any atom is 0.251 e. The van der Waals surface area contributed by atoms with Gasteiger partial charge in [0.05, 0.1) is 6.04 Å². The average molecular weight is 429 g/mol. The van der Waals surface area contributed by atoms with Crippen molar-refractivity contribution < 1.29 is 9.59 Å². The van der Waals surface area contributed by atoms with E-state index in [-0.39, 0.29) is 17.9 Å². The van der Waals surface area contributed by atoms with Crippen LogP contribution >= 0.6 is 0 Å². The summed E-state index contributed by atoms with van der Waals surface area (Å²) in [6, 6.07) is 7.65. The molecule has 0 aliphatic carbocycles. The summed E-state index contributed by atoms with van der Waals surface area (Å²) in [5.74, 6) is 1.09. The Balaban J connectivity index is 1.45. The van der Waals surface area contributed by atoms with Crippen LogP contribution in [0.15, 0.2) is 29.3 Å². The van der Waals surface area contributed by atoms with Gasteiger partial charge in [0.1, 0.15) is 0 Å². The van der Waals surface area contributed by atoms with Crippen LogP contribution in [0.3, 0.4) is 0 Å². The third-order valence-corrected chi connectivity index (χ3v) is 6.26. The lowest BCUT2D eigenvalue weighted by molar-refractivity contribution is -0.135. The Labute approximate surface area is 185 Å². The highest BCUT2D eigenvalue weighted by Gasteiger charge is 2.30. The van der Waals surface area contributed by atoms with Crippen LogP contribution < -0.4 is 10.6 Å². The molecule has 2 aliphatic rings. The molecule has 0 bridgehead atoms. The lowest BCUT2D eigenvalue weighted by atomic mass is 10.1. The van der Waals surface area contributed by atoms with E-state index in [0.29, 0.717) is 5.56 Å². The SMILES string of the molecule is CN=C(NCCc1cccc(C(=O)NC)c1)N1CCN(C(C)C(=O)N2CCCC2)CC1. The lowest BCUT2D eigenvalue weighted by Gasteiger charge is -2.39. The smallest absolute Gasteiger partial charge is 0.251 e. The summed E-state index contributed by atoms with van der Waals surface area (Å²) in [4.78, 5) is 35.5. The minimum atomic E-state index is -0.0686. The van der Waals surface area contributed by atoms with E-state index in [1.165, 1.54) is 0 Å². The number of aliphatic imine (C=N–C) groups is 1. The molecule has 8 nitrogen and oxygen atoms in total. The Morgan fingerprint density at radius 2 is 1.77 bits per heavy atom. The van der Waals surface area contributed by atoms with Crippen LogP contribution in [0.2, 0.25) is 0 Å². The number of amides is 2. The molecule has 2 N–H and O–H groups in total. The van der Waals surface area contributed by atoms with Crippen molar-refractivity contribution in [2.24, 2.45) is 4.99 Å². The number of piperazine rings is 1. The summed E-state index contributed by atoms with van der Waals surface area (Å²) in [7, 11) is 3.45. The van der Waals surface area contributed by atoms with Gasteiger partial charge >= 0.3 is 0 Å². The number of hydrogen-bond acceptors (Lipinski definition) is 4. The Bertz CT molecular complexity index is 782. The van der Waals surface area contributed by atoms with E-state index < -0.39 is 0 Å². The Hall–Kier alpha value is -2.61. The van der Waals surface area contributed by atoms with Gasteiger partial charge < -0.3 is 20.4 Å². The van der Waals surface area contributed by atoms with Crippen molar-refractivity contribution in [3.05, 3.63) is 35.4 Å². The van der Waals surface area contributed by atoms with Gasteiger partial charge in [-0.1, -0.05) is 12.1 Å². The van der Waals surface area contributed by atoms with Crippen LogP contribution in [0.4, 0.5) is 0 Å². The largest absolute Gasteiger partial charge is 0.356 e. The second-order valence-electron chi connectivity index (χ2n) is 8.23. The molecule has 2 aliphatic heterocycles. The summed E-state index contributed by atoms with van der Waals surface area (Å²) >= 11 is 0. The Morgan fingerprint density at radius 3 is 2.42 bits per heavy atom. The van der Waals surface area contributed by atoms with Gasteiger partial charge in [-0.3, -0.25) is 19.5 Å². The molecule has 1 unspecified atom stereocenters. The maximum absolute atomic E-state index is 12.7. The molecular formula is C23H36N6O2. The fraction of sp³-hybridized carbons (Fsp3) is 0.609. The third kappa shape index (κ3) is 5.97. The molecule has 2 heterocycles. The molecule has 0 aromatic heterocycles. The first-order valence-electron chi connectivity index (χ1n) is 11.3. The summed E-state index contributed by atoms with van der Waals surface area (Å²) in [6.07, 6.45) is 3.07. The summed E-state index contributed by atoms with van der Waals surface area (Å²) in [5, 5.41) is 6.10. The molecule has 0 saturated carbocycles. The molecular weight excluding hydrogens is 392 g/mol. The van der Waals surface area contributed by atoms with Crippen LogP contribution in [0.5, 0.6) is 0 Å². The molecule has 2 amide bonds. The number of likely N-dealkylation sites (tertiary alicyclic amines) is 1. The number of rotatable bonds is 6. The number of nitrogens with zero attached hydrogens (tertiary/aromatic N) is 4. The molecule has 8 heteroatoms. The van der Waals surface area contributed by atoms with Crippen LogP contribution in [-0.2, 0) is 11.2 Å². The average Bonchev–Trinajstić information content (AvgIpc) is 3.36. The van der Waals surface area contributed by atoms with Crippen LogP contribution in [0.25, 0.3) is 0 Å². The summed E-state index contributed by atoms with van der Waals surface area (Å²) in [5.41, 5.74) is 1.79. The van der Waals surface area contributed by atoms with Gasteiger partial charge in [0.15, 0.2) is 5.96 Å². The zero-order valence-corrected chi connectivity index (χ0v) is 19.1. The third-order valence-electron chi connectivity index (χ3n) is 6.26. The first-order valence-corrected chi connectivity index (χ1v) is 11.3. The van der Waals surface area contributed by atoms with Gasteiger partial charge in [-0.15, -0.1) is 0 Å². The fourth-order valence-corrected chi connectivity index (χ4v) is 4.34. The topological polar surface area (TPSA) is 80.3 Å². The molecule has 1 atom stereocenters. The molecule has 3 rings (SSSR count). The number of carbonyl (C=O) groups excluding carboxylic acids is 2. The van der Waals surface area contributed by atoms with Crippen molar-refractivity contribution in [1.82, 2.24) is 25.3 Å². The fourth-order valence-electron chi connectivity index (χ4n) is 4.34. The van der Waals surface area contributed by atoms with Crippen molar-refractivity contribution >= 4 is 17.8 Å². The van der Waals surface area contributed by atoms with Crippen molar-refractivity contribution in [3.8, 4) is 0 Å². The van der Waals surface area contributed by atoms with Crippen LogP contribution in [-0.4, -0.2) is 98.4 Å². The van der Waals surface area contributed by atoms with Crippen molar-refractivity contribution in [3.63, 3.8) is 0 Å². The monoisotopic (exact) mass is 428 g/mol. The normalized spacial score (nSPS) is 18.7. The maximum atomic E-state index is 12.7. The highest BCUT2D eigenvalue weighted by atomic mass is 16.2. The predicted octanol–water partition coefficient (Wildman–Crippen LogP) is 0.793. The standard InChI is InChI=1S/C23H36N6O2/c1-18(22(31)28-11-4-5-12-28)27-13-15-29(16-14-27)23(25-3)26-10-9-19-7-6-8-20(17-19)21(30)24-2/h6-8,17-18H,4-5,9-16H2,1-3H3,(H,24,30)(H,25,26). The quantitative estimate of drug-likeness (QED) is 0.517. The highest BCUT2D eigenvalue weighted by molar-refractivity contribution is 5.94. The second-order valence-corrected chi connectivity index (χ2v) is 8.23. The summed E-state index contributed by atoms with van der Waals surface area (Å²) in [6.45, 7) is 8.01. The molecule has 0 spiro atoms. The first kappa shape index (κ1) is 23.1. The first-order chi connectivity index (χ1) is 15.0. The van der Waals surface area contributed by atoms with Crippen LogP contribution in [0.1, 0.15) is 35.7 Å². The molecule has 170 valence electrons. The minimum absolute atomic E-state index is 0.0529.